The maximum Gasteiger partial charge on any atom is 0.264 e. The van der Waals surface area contributed by atoms with Crippen molar-refractivity contribution in [3.8, 4) is 0 Å². The van der Waals surface area contributed by atoms with Gasteiger partial charge in [-0.2, -0.15) is 0 Å². The number of amides is 1. The molecule has 2 rings (SSSR count). The molecule has 1 amide bonds. The van der Waals surface area contributed by atoms with Gasteiger partial charge in [-0.25, -0.2) is 18.1 Å². The highest BCUT2D eigenvalue weighted by molar-refractivity contribution is 7.89. The molecule has 8 heteroatoms. The Hall–Kier alpha value is -2.48. The first kappa shape index (κ1) is 13.9. The second-order valence-corrected chi connectivity index (χ2v) is 5.75. The third-order valence-corrected chi connectivity index (χ3v) is 2.79. The number of benzene rings is 1. The second-order valence-electron chi connectivity index (χ2n) is 4.00. The first-order chi connectivity index (χ1) is 9.44. The maximum atomic E-state index is 11.7. The van der Waals surface area contributed by atoms with Crippen LogP contribution in [0.1, 0.15) is 10.4 Å². The molecule has 0 unspecified atom stereocenters. The fourth-order valence-electron chi connectivity index (χ4n) is 1.48. The summed E-state index contributed by atoms with van der Waals surface area (Å²) in [6, 6.07) is 6.40. The van der Waals surface area contributed by atoms with Crippen LogP contribution in [0.2, 0.25) is 0 Å². The van der Waals surface area contributed by atoms with Crippen LogP contribution < -0.4 is 10.0 Å². The fourth-order valence-corrected chi connectivity index (χ4v) is 1.93. The van der Waals surface area contributed by atoms with Crippen LogP contribution in [-0.2, 0) is 10.0 Å². The second kappa shape index (κ2) is 5.66. The summed E-state index contributed by atoms with van der Waals surface area (Å²) in [6.45, 7) is 0. The Balaban J connectivity index is 2.18. The first-order valence-corrected chi connectivity index (χ1v) is 7.48. The van der Waals surface area contributed by atoms with Crippen LogP contribution in [-0.4, -0.2) is 30.5 Å². The smallest absolute Gasteiger partial charge is 0.264 e. The lowest BCUT2D eigenvalue weighted by molar-refractivity contribution is 0.0981. The van der Waals surface area contributed by atoms with Gasteiger partial charge < -0.3 is 5.32 Å². The van der Waals surface area contributed by atoms with E-state index in [2.05, 4.69) is 15.3 Å². The summed E-state index contributed by atoms with van der Waals surface area (Å²) in [5.41, 5.74) is 0.830. The van der Waals surface area contributed by atoms with Gasteiger partial charge >= 0.3 is 0 Å². The highest BCUT2D eigenvalue weighted by Crippen LogP contribution is 2.15. The molecule has 1 heterocycles. The van der Waals surface area contributed by atoms with Crippen LogP contribution in [0.25, 0.3) is 0 Å². The zero-order chi connectivity index (χ0) is 14.6. The average Bonchev–Trinajstić information content (AvgIpc) is 2.38. The lowest BCUT2D eigenvalue weighted by Crippen LogP contribution is -2.29. The summed E-state index contributed by atoms with van der Waals surface area (Å²) >= 11 is 0. The Bertz CT molecular complexity index is 716. The van der Waals surface area contributed by atoms with Crippen molar-refractivity contribution in [2.75, 3.05) is 11.6 Å². The molecular formula is C12H12N4O3S. The lowest BCUT2D eigenvalue weighted by atomic mass is 10.2. The van der Waals surface area contributed by atoms with Gasteiger partial charge in [0.1, 0.15) is 5.82 Å². The molecule has 1 aromatic heterocycles. The van der Waals surface area contributed by atoms with Gasteiger partial charge in [-0.1, -0.05) is 6.07 Å². The number of aromatic nitrogens is 2. The van der Waals surface area contributed by atoms with Gasteiger partial charge in [0.2, 0.25) is 10.0 Å². The highest BCUT2D eigenvalue weighted by atomic mass is 32.2. The molecule has 0 spiro atoms. The van der Waals surface area contributed by atoms with Crippen LogP contribution in [0.4, 0.5) is 11.5 Å². The summed E-state index contributed by atoms with van der Waals surface area (Å²) in [5, 5.41) is 2.96. The molecule has 0 atom stereocenters. The summed E-state index contributed by atoms with van der Waals surface area (Å²) in [7, 11) is -3.59. The predicted octanol–water partition coefficient (Wildman–Crippen LogP) is 0.910. The average molecular weight is 292 g/mol. The minimum absolute atomic E-state index is 0.226. The molecule has 0 bridgehead atoms. The molecular weight excluding hydrogens is 280 g/mol. The quantitative estimate of drug-likeness (QED) is 0.868. The molecule has 1 aromatic carbocycles. The molecule has 0 aliphatic carbocycles. The molecule has 0 fully saturated rings. The Morgan fingerprint density at radius 3 is 2.70 bits per heavy atom. The molecule has 0 aliphatic heterocycles. The van der Waals surface area contributed by atoms with E-state index in [4.69, 9.17) is 0 Å². The third kappa shape index (κ3) is 4.02. The molecule has 2 N–H and O–H groups in total. The molecule has 0 radical (unpaired) electrons. The number of carbonyl (C=O) groups excluding carboxylic acids is 1. The van der Waals surface area contributed by atoms with E-state index < -0.39 is 15.9 Å². The van der Waals surface area contributed by atoms with Crippen molar-refractivity contribution in [1.29, 1.82) is 0 Å². The normalized spacial score (nSPS) is 10.8. The van der Waals surface area contributed by atoms with E-state index in [-0.39, 0.29) is 5.56 Å². The molecule has 0 saturated heterocycles. The van der Waals surface area contributed by atoms with E-state index in [0.29, 0.717) is 11.5 Å². The number of nitrogens with one attached hydrogen (secondary N) is 2. The molecule has 20 heavy (non-hydrogen) atoms. The summed E-state index contributed by atoms with van der Waals surface area (Å²) in [4.78, 5) is 19.7. The fraction of sp³-hybridized carbons (Fsp3) is 0.0833. The molecule has 104 valence electrons. The van der Waals surface area contributed by atoms with E-state index in [9.17, 15) is 13.2 Å². The van der Waals surface area contributed by atoms with Gasteiger partial charge in [0.05, 0.1) is 12.5 Å². The zero-order valence-electron chi connectivity index (χ0n) is 10.6. The Kier molecular flexibility index (Phi) is 3.94. The Morgan fingerprint density at radius 1 is 1.25 bits per heavy atom. The monoisotopic (exact) mass is 292 g/mol. The number of nitrogens with zero attached hydrogens (tertiary/aromatic N) is 2. The minimum atomic E-state index is -3.59. The van der Waals surface area contributed by atoms with E-state index in [1.54, 1.807) is 18.3 Å². The van der Waals surface area contributed by atoms with E-state index in [1.807, 2.05) is 4.72 Å². The first-order valence-electron chi connectivity index (χ1n) is 5.59. The van der Waals surface area contributed by atoms with Crippen molar-refractivity contribution in [1.82, 2.24) is 14.7 Å². The molecule has 7 nitrogen and oxygen atoms in total. The van der Waals surface area contributed by atoms with E-state index in [1.165, 1.54) is 24.5 Å². The van der Waals surface area contributed by atoms with Crippen molar-refractivity contribution >= 4 is 27.4 Å². The van der Waals surface area contributed by atoms with Crippen molar-refractivity contribution < 1.29 is 13.2 Å². The van der Waals surface area contributed by atoms with Gasteiger partial charge in [0.15, 0.2) is 0 Å². The number of hydrogen-bond acceptors (Lipinski definition) is 6. The van der Waals surface area contributed by atoms with E-state index >= 15 is 0 Å². The minimum Gasteiger partial charge on any atom is -0.339 e. The number of anilines is 2. The predicted molar refractivity (Wildman–Crippen MR) is 74.1 cm³/mol. The highest BCUT2D eigenvalue weighted by Gasteiger charge is 2.11. The number of sulfonamides is 1. The summed E-state index contributed by atoms with van der Waals surface area (Å²) in [5.74, 6) is -0.163. The molecule has 2 aromatic rings. The van der Waals surface area contributed by atoms with Crippen molar-refractivity contribution in [2.45, 2.75) is 0 Å². The SMILES string of the molecule is CS(=O)(=O)NC(=O)c1cccc(Nc2cnccn2)c1. The van der Waals surface area contributed by atoms with Gasteiger partial charge in [0.25, 0.3) is 5.91 Å². The number of rotatable bonds is 4. The third-order valence-electron chi connectivity index (χ3n) is 2.24. The van der Waals surface area contributed by atoms with Crippen LogP contribution in [0.3, 0.4) is 0 Å². The number of carbonyl (C=O) groups is 1. The summed E-state index contributed by atoms with van der Waals surface area (Å²) < 4.78 is 24.0. The van der Waals surface area contributed by atoms with Crippen LogP contribution in [0.15, 0.2) is 42.9 Å². The van der Waals surface area contributed by atoms with Gasteiger partial charge in [-0.05, 0) is 18.2 Å². The largest absolute Gasteiger partial charge is 0.339 e. The summed E-state index contributed by atoms with van der Waals surface area (Å²) in [6.07, 6.45) is 5.53. The van der Waals surface area contributed by atoms with E-state index in [0.717, 1.165) is 6.26 Å². The van der Waals surface area contributed by atoms with Gasteiger partial charge in [-0.15, -0.1) is 0 Å². The number of hydrogen-bond donors (Lipinski definition) is 2. The van der Waals surface area contributed by atoms with Gasteiger partial charge in [-0.3, -0.25) is 9.78 Å². The topological polar surface area (TPSA) is 101 Å². The zero-order valence-corrected chi connectivity index (χ0v) is 11.4. The lowest BCUT2D eigenvalue weighted by Gasteiger charge is -2.07. The van der Waals surface area contributed by atoms with Crippen molar-refractivity contribution in [3.63, 3.8) is 0 Å². The van der Waals surface area contributed by atoms with Gasteiger partial charge in [0, 0.05) is 23.6 Å². The molecule has 0 aliphatic rings. The van der Waals surface area contributed by atoms with Crippen molar-refractivity contribution in [3.05, 3.63) is 48.4 Å². The van der Waals surface area contributed by atoms with Crippen LogP contribution in [0.5, 0.6) is 0 Å². The molecule has 0 saturated carbocycles. The van der Waals surface area contributed by atoms with Crippen molar-refractivity contribution in [2.24, 2.45) is 0 Å². The van der Waals surface area contributed by atoms with Crippen LogP contribution in [0, 0.1) is 0 Å². The standard InChI is InChI=1S/C12H12N4O3S/c1-20(18,19)16-12(17)9-3-2-4-10(7-9)15-11-8-13-5-6-14-11/h2-8H,1H3,(H,14,15)(H,16,17). The maximum absolute atomic E-state index is 11.7. The van der Waals surface area contributed by atoms with Crippen LogP contribution >= 0.6 is 0 Å². The Morgan fingerprint density at radius 2 is 2.05 bits per heavy atom. The Labute approximate surface area is 116 Å².